The molecule has 0 aliphatic carbocycles. The van der Waals surface area contributed by atoms with Crippen molar-refractivity contribution in [3.05, 3.63) is 59.7 Å². The molecule has 1 N–H and O–H groups in total. The van der Waals surface area contributed by atoms with Crippen LogP contribution in [-0.2, 0) is 21.3 Å². The molecule has 8 heteroatoms. The zero-order valence-corrected chi connectivity index (χ0v) is 17.4. The topological polar surface area (TPSA) is 84.9 Å². The van der Waals surface area contributed by atoms with Crippen LogP contribution in [0.5, 0.6) is 5.75 Å². The van der Waals surface area contributed by atoms with E-state index in [1.807, 2.05) is 0 Å². The number of nitrogens with zero attached hydrogens (tertiary/aromatic N) is 1. The van der Waals surface area contributed by atoms with Gasteiger partial charge in [-0.25, -0.2) is 12.7 Å². The summed E-state index contributed by atoms with van der Waals surface area (Å²) >= 11 is 0. The highest BCUT2D eigenvalue weighted by molar-refractivity contribution is 7.89. The smallest absolute Gasteiger partial charge is 0.251 e. The third-order valence-electron chi connectivity index (χ3n) is 4.75. The number of hydrogen-bond donors (Lipinski definition) is 1. The normalized spacial score (nSPS) is 16.7. The van der Waals surface area contributed by atoms with E-state index in [9.17, 15) is 13.2 Å². The molecule has 29 heavy (non-hydrogen) atoms. The van der Waals surface area contributed by atoms with Gasteiger partial charge in [0, 0.05) is 32.8 Å². The zero-order valence-electron chi connectivity index (χ0n) is 16.6. The Kier molecular flexibility index (Phi) is 6.89. The number of amides is 1. The summed E-state index contributed by atoms with van der Waals surface area (Å²) in [6.45, 7) is 1.40. The van der Waals surface area contributed by atoms with Crippen molar-refractivity contribution in [2.24, 2.45) is 0 Å². The van der Waals surface area contributed by atoms with Gasteiger partial charge in [0.25, 0.3) is 5.91 Å². The van der Waals surface area contributed by atoms with Crippen molar-refractivity contribution in [2.75, 3.05) is 27.3 Å². The Labute approximate surface area is 171 Å². The number of carbonyl (C=O) groups is 1. The first-order chi connectivity index (χ1) is 13.9. The SMILES string of the molecule is CN(C)S(=O)(=O)c1ccccc1CNC(=O)c1ccc(OCC2CCCO2)cc1. The van der Waals surface area contributed by atoms with E-state index in [1.165, 1.54) is 20.2 Å². The molecule has 1 heterocycles. The van der Waals surface area contributed by atoms with E-state index in [2.05, 4.69) is 5.32 Å². The molecule has 1 aliphatic rings. The van der Waals surface area contributed by atoms with Gasteiger partial charge in [0.1, 0.15) is 12.4 Å². The average molecular weight is 419 g/mol. The number of nitrogens with one attached hydrogen (secondary N) is 1. The number of sulfonamides is 1. The van der Waals surface area contributed by atoms with Gasteiger partial charge in [0.2, 0.25) is 10.0 Å². The van der Waals surface area contributed by atoms with E-state index >= 15 is 0 Å². The summed E-state index contributed by atoms with van der Waals surface area (Å²) in [7, 11) is -0.625. The molecule has 1 saturated heterocycles. The Bertz CT molecular complexity index is 936. The summed E-state index contributed by atoms with van der Waals surface area (Å²) in [5, 5.41) is 2.78. The van der Waals surface area contributed by atoms with Gasteiger partial charge in [-0.15, -0.1) is 0 Å². The van der Waals surface area contributed by atoms with Crippen LogP contribution in [0.1, 0.15) is 28.8 Å². The van der Waals surface area contributed by atoms with E-state index in [1.54, 1.807) is 42.5 Å². The predicted octanol–water partition coefficient (Wildman–Crippen LogP) is 2.42. The minimum absolute atomic E-state index is 0.110. The molecule has 1 fully saturated rings. The van der Waals surface area contributed by atoms with Gasteiger partial charge in [0.15, 0.2) is 0 Å². The number of carbonyl (C=O) groups excluding carboxylic acids is 1. The van der Waals surface area contributed by atoms with Crippen molar-refractivity contribution >= 4 is 15.9 Å². The van der Waals surface area contributed by atoms with Gasteiger partial charge in [0.05, 0.1) is 11.0 Å². The van der Waals surface area contributed by atoms with Crippen LogP contribution >= 0.6 is 0 Å². The second-order valence-electron chi connectivity index (χ2n) is 7.05. The molecule has 156 valence electrons. The summed E-state index contributed by atoms with van der Waals surface area (Å²) in [5.41, 5.74) is 1.01. The highest BCUT2D eigenvalue weighted by Crippen LogP contribution is 2.19. The second kappa shape index (κ2) is 9.39. The van der Waals surface area contributed by atoms with Gasteiger partial charge in [-0.3, -0.25) is 4.79 Å². The lowest BCUT2D eigenvalue weighted by atomic mass is 10.2. The highest BCUT2D eigenvalue weighted by Gasteiger charge is 2.21. The van der Waals surface area contributed by atoms with Gasteiger partial charge in [-0.05, 0) is 48.7 Å². The van der Waals surface area contributed by atoms with Crippen LogP contribution in [0.2, 0.25) is 0 Å². The third kappa shape index (κ3) is 5.35. The molecule has 1 aliphatic heterocycles. The molecular formula is C21H26N2O5S. The second-order valence-corrected chi connectivity index (χ2v) is 9.17. The van der Waals surface area contributed by atoms with Crippen molar-refractivity contribution in [3.8, 4) is 5.75 Å². The largest absolute Gasteiger partial charge is 0.491 e. The summed E-state index contributed by atoms with van der Waals surface area (Å²) < 4.78 is 37.3. The third-order valence-corrected chi connectivity index (χ3v) is 6.66. The van der Waals surface area contributed by atoms with Crippen molar-refractivity contribution < 1.29 is 22.7 Å². The molecule has 0 bridgehead atoms. The molecule has 1 atom stereocenters. The lowest BCUT2D eigenvalue weighted by Gasteiger charge is -2.15. The number of benzene rings is 2. The molecule has 2 aromatic rings. The first kappa shape index (κ1) is 21.3. The van der Waals surface area contributed by atoms with E-state index in [0.717, 1.165) is 23.8 Å². The van der Waals surface area contributed by atoms with E-state index in [4.69, 9.17) is 9.47 Å². The van der Waals surface area contributed by atoms with E-state index < -0.39 is 10.0 Å². The molecule has 2 aromatic carbocycles. The Morgan fingerprint density at radius 3 is 2.55 bits per heavy atom. The number of ether oxygens (including phenoxy) is 2. The summed E-state index contributed by atoms with van der Waals surface area (Å²) in [6, 6.07) is 13.5. The maximum Gasteiger partial charge on any atom is 0.251 e. The van der Waals surface area contributed by atoms with Crippen molar-refractivity contribution in [3.63, 3.8) is 0 Å². The van der Waals surface area contributed by atoms with Crippen LogP contribution in [0.25, 0.3) is 0 Å². The van der Waals surface area contributed by atoms with Gasteiger partial charge < -0.3 is 14.8 Å². The van der Waals surface area contributed by atoms with Crippen molar-refractivity contribution in [2.45, 2.75) is 30.4 Å². The quantitative estimate of drug-likeness (QED) is 0.712. The summed E-state index contributed by atoms with van der Waals surface area (Å²) in [6.07, 6.45) is 2.20. The van der Waals surface area contributed by atoms with Crippen LogP contribution in [0.3, 0.4) is 0 Å². The van der Waals surface area contributed by atoms with Gasteiger partial charge >= 0.3 is 0 Å². The first-order valence-electron chi connectivity index (χ1n) is 9.51. The molecule has 0 radical (unpaired) electrons. The van der Waals surface area contributed by atoms with Gasteiger partial charge in [-0.2, -0.15) is 0 Å². The van der Waals surface area contributed by atoms with Crippen LogP contribution in [-0.4, -0.2) is 52.0 Å². The van der Waals surface area contributed by atoms with Crippen LogP contribution < -0.4 is 10.1 Å². The van der Waals surface area contributed by atoms with Crippen LogP contribution in [0, 0.1) is 0 Å². The fourth-order valence-electron chi connectivity index (χ4n) is 3.04. The molecule has 0 saturated carbocycles. The Morgan fingerprint density at radius 2 is 1.90 bits per heavy atom. The Morgan fingerprint density at radius 1 is 1.17 bits per heavy atom. The van der Waals surface area contributed by atoms with Crippen molar-refractivity contribution in [1.82, 2.24) is 9.62 Å². The number of hydrogen-bond acceptors (Lipinski definition) is 5. The average Bonchev–Trinajstić information content (AvgIpc) is 3.24. The minimum atomic E-state index is -3.58. The van der Waals surface area contributed by atoms with Crippen molar-refractivity contribution in [1.29, 1.82) is 0 Å². The predicted molar refractivity (Wildman–Crippen MR) is 109 cm³/mol. The maximum atomic E-state index is 12.5. The Balaban J connectivity index is 1.60. The fraction of sp³-hybridized carbons (Fsp3) is 0.381. The van der Waals surface area contributed by atoms with Crippen LogP contribution in [0.4, 0.5) is 0 Å². The molecule has 1 unspecified atom stereocenters. The molecule has 7 nitrogen and oxygen atoms in total. The van der Waals surface area contributed by atoms with E-state index in [-0.39, 0.29) is 23.5 Å². The lowest BCUT2D eigenvalue weighted by molar-refractivity contribution is 0.0679. The molecule has 0 aromatic heterocycles. The maximum absolute atomic E-state index is 12.5. The minimum Gasteiger partial charge on any atom is -0.491 e. The summed E-state index contributed by atoms with van der Waals surface area (Å²) in [5.74, 6) is 0.396. The number of rotatable bonds is 8. The molecule has 3 rings (SSSR count). The molecule has 0 spiro atoms. The van der Waals surface area contributed by atoms with E-state index in [0.29, 0.717) is 23.5 Å². The zero-order chi connectivity index (χ0) is 20.9. The molecular weight excluding hydrogens is 392 g/mol. The Hall–Kier alpha value is -2.42. The van der Waals surface area contributed by atoms with Gasteiger partial charge in [-0.1, -0.05) is 18.2 Å². The highest BCUT2D eigenvalue weighted by atomic mass is 32.2. The monoisotopic (exact) mass is 418 g/mol. The lowest BCUT2D eigenvalue weighted by Crippen LogP contribution is -2.27. The molecule has 1 amide bonds. The standard InChI is InChI=1S/C21H26N2O5S/c1-23(2)29(25,26)20-8-4-3-6-17(20)14-22-21(24)16-9-11-18(12-10-16)28-15-19-7-5-13-27-19/h3-4,6,8-12,19H,5,7,13-15H2,1-2H3,(H,22,24). The first-order valence-corrected chi connectivity index (χ1v) is 10.9. The fourth-order valence-corrected chi connectivity index (χ4v) is 4.16. The summed E-state index contributed by atoms with van der Waals surface area (Å²) in [4.78, 5) is 12.6. The van der Waals surface area contributed by atoms with Crippen LogP contribution in [0.15, 0.2) is 53.4 Å².